The standard InChI is InChI=1S/C20H29N5O/c1-5-25(15-17-10-7-6-8-11-17)20-22-16(2)14-18(23-20)19(26)21-12-9-13-24(3)4/h6-8,10-11,14H,5,9,12-13,15H2,1-4H3,(H,21,26). The van der Waals surface area contributed by atoms with Crippen LogP contribution in [0.15, 0.2) is 36.4 Å². The molecule has 0 atom stereocenters. The highest BCUT2D eigenvalue weighted by atomic mass is 16.1. The van der Waals surface area contributed by atoms with E-state index in [1.807, 2.05) is 39.2 Å². The van der Waals surface area contributed by atoms with Gasteiger partial charge in [-0.05, 0) is 52.5 Å². The number of nitrogens with one attached hydrogen (secondary N) is 1. The molecule has 2 rings (SSSR count). The van der Waals surface area contributed by atoms with Crippen molar-refractivity contribution in [2.24, 2.45) is 0 Å². The zero-order chi connectivity index (χ0) is 18.9. The van der Waals surface area contributed by atoms with Crippen molar-refractivity contribution in [2.45, 2.75) is 26.8 Å². The maximum atomic E-state index is 12.4. The summed E-state index contributed by atoms with van der Waals surface area (Å²) in [5.41, 5.74) is 2.40. The average molecular weight is 355 g/mol. The van der Waals surface area contributed by atoms with Crippen molar-refractivity contribution in [3.8, 4) is 0 Å². The Labute approximate surface area is 156 Å². The van der Waals surface area contributed by atoms with Gasteiger partial charge in [0.15, 0.2) is 0 Å². The predicted molar refractivity (Wildman–Crippen MR) is 105 cm³/mol. The van der Waals surface area contributed by atoms with E-state index < -0.39 is 0 Å². The summed E-state index contributed by atoms with van der Waals surface area (Å²) in [4.78, 5) is 25.6. The second kappa shape index (κ2) is 9.87. The maximum absolute atomic E-state index is 12.4. The normalized spacial score (nSPS) is 10.8. The molecule has 0 aliphatic carbocycles. The number of anilines is 1. The molecule has 0 aliphatic rings. The second-order valence-corrected chi connectivity index (χ2v) is 6.61. The first-order chi connectivity index (χ1) is 12.5. The van der Waals surface area contributed by atoms with E-state index in [1.54, 1.807) is 6.07 Å². The average Bonchev–Trinajstić information content (AvgIpc) is 2.63. The minimum absolute atomic E-state index is 0.147. The molecular formula is C20H29N5O. The van der Waals surface area contributed by atoms with Gasteiger partial charge in [0.05, 0.1) is 0 Å². The summed E-state index contributed by atoms with van der Waals surface area (Å²) < 4.78 is 0. The Balaban J connectivity index is 2.08. The molecule has 1 heterocycles. The van der Waals surface area contributed by atoms with Crippen LogP contribution in [0.1, 0.15) is 35.1 Å². The van der Waals surface area contributed by atoms with Crippen LogP contribution in [0.2, 0.25) is 0 Å². The molecule has 6 heteroatoms. The van der Waals surface area contributed by atoms with Gasteiger partial charge < -0.3 is 15.1 Å². The Hall–Kier alpha value is -2.47. The Morgan fingerprint density at radius 3 is 2.54 bits per heavy atom. The lowest BCUT2D eigenvalue weighted by Gasteiger charge is -2.21. The van der Waals surface area contributed by atoms with Gasteiger partial charge in [-0.15, -0.1) is 0 Å². The van der Waals surface area contributed by atoms with Crippen LogP contribution in [0.25, 0.3) is 0 Å². The van der Waals surface area contributed by atoms with Crippen LogP contribution in [0, 0.1) is 6.92 Å². The predicted octanol–water partition coefficient (Wildman–Crippen LogP) is 2.49. The molecule has 0 saturated carbocycles. The summed E-state index contributed by atoms with van der Waals surface area (Å²) in [5, 5.41) is 2.94. The molecule has 1 N–H and O–H groups in total. The van der Waals surface area contributed by atoms with Crippen LogP contribution in [-0.2, 0) is 6.54 Å². The van der Waals surface area contributed by atoms with E-state index in [0.717, 1.165) is 25.2 Å². The van der Waals surface area contributed by atoms with Crippen LogP contribution >= 0.6 is 0 Å². The summed E-state index contributed by atoms with van der Waals surface area (Å²) >= 11 is 0. The van der Waals surface area contributed by atoms with E-state index in [4.69, 9.17) is 0 Å². The number of aromatic nitrogens is 2. The fourth-order valence-electron chi connectivity index (χ4n) is 2.63. The minimum atomic E-state index is -0.147. The molecule has 0 fully saturated rings. The fourth-order valence-corrected chi connectivity index (χ4v) is 2.63. The molecule has 0 radical (unpaired) electrons. The first kappa shape index (κ1) is 19.8. The minimum Gasteiger partial charge on any atom is -0.351 e. The molecule has 1 aromatic heterocycles. The molecule has 0 unspecified atom stereocenters. The van der Waals surface area contributed by atoms with Gasteiger partial charge >= 0.3 is 0 Å². The van der Waals surface area contributed by atoms with Gasteiger partial charge in [0.25, 0.3) is 5.91 Å². The highest BCUT2D eigenvalue weighted by Crippen LogP contribution is 2.14. The highest BCUT2D eigenvalue weighted by molar-refractivity contribution is 5.92. The van der Waals surface area contributed by atoms with E-state index in [1.165, 1.54) is 5.56 Å². The zero-order valence-electron chi connectivity index (χ0n) is 16.2. The number of nitrogens with zero attached hydrogens (tertiary/aromatic N) is 4. The summed E-state index contributed by atoms with van der Waals surface area (Å²) in [6, 6.07) is 11.9. The summed E-state index contributed by atoms with van der Waals surface area (Å²) in [5.74, 6) is 0.445. The van der Waals surface area contributed by atoms with Gasteiger partial charge in [0, 0.05) is 25.3 Å². The molecule has 0 spiro atoms. The van der Waals surface area contributed by atoms with Crippen molar-refractivity contribution < 1.29 is 4.79 Å². The lowest BCUT2D eigenvalue weighted by molar-refractivity contribution is 0.0947. The third kappa shape index (κ3) is 6.11. The molecule has 0 aliphatic heterocycles. The van der Waals surface area contributed by atoms with Crippen molar-refractivity contribution in [3.63, 3.8) is 0 Å². The van der Waals surface area contributed by atoms with Gasteiger partial charge in [-0.3, -0.25) is 4.79 Å². The Bertz CT molecular complexity index is 703. The number of carbonyl (C=O) groups is 1. The van der Waals surface area contributed by atoms with E-state index in [-0.39, 0.29) is 5.91 Å². The largest absolute Gasteiger partial charge is 0.351 e. The van der Waals surface area contributed by atoms with E-state index in [0.29, 0.717) is 24.7 Å². The Kier molecular flexibility index (Phi) is 7.53. The van der Waals surface area contributed by atoms with E-state index in [9.17, 15) is 4.79 Å². The van der Waals surface area contributed by atoms with Gasteiger partial charge in [-0.1, -0.05) is 30.3 Å². The molecule has 26 heavy (non-hydrogen) atoms. The number of hydrogen-bond acceptors (Lipinski definition) is 5. The van der Waals surface area contributed by atoms with Crippen molar-refractivity contribution in [1.29, 1.82) is 0 Å². The Morgan fingerprint density at radius 1 is 1.15 bits per heavy atom. The number of aryl methyl sites for hydroxylation is 1. The van der Waals surface area contributed by atoms with Crippen molar-refractivity contribution >= 4 is 11.9 Å². The number of carbonyl (C=O) groups excluding carboxylic acids is 1. The smallest absolute Gasteiger partial charge is 0.270 e. The summed E-state index contributed by atoms with van der Waals surface area (Å²) in [6.07, 6.45) is 0.907. The molecule has 2 aromatic rings. The van der Waals surface area contributed by atoms with Crippen LogP contribution in [-0.4, -0.2) is 54.5 Å². The maximum Gasteiger partial charge on any atom is 0.270 e. The number of hydrogen-bond donors (Lipinski definition) is 1. The first-order valence-corrected chi connectivity index (χ1v) is 9.07. The monoisotopic (exact) mass is 355 g/mol. The third-order valence-electron chi connectivity index (χ3n) is 4.02. The fraction of sp³-hybridized carbons (Fsp3) is 0.450. The van der Waals surface area contributed by atoms with Gasteiger partial charge in [0.1, 0.15) is 5.69 Å². The Morgan fingerprint density at radius 2 is 1.88 bits per heavy atom. The SMILES string of the molecule is CCN(Cc1ccccc1)c1nc(C)cc(C(=O)NCCCN(C)C)n1. The van der Waals surface area contributed by atoms with E-state index in [2.05, 4.69) is 44.1 Å². The molecule has 0 saturated heterocycles. The first-order valence-electron chi connectivity index (χ1n) is 9.07. The van der Waals surface area contributed by atoms with Gasteiger partial charge in [-0.25, -0.2) is 9.97 Å². The van der Waals surface area contributed by atoms with Crippen LogP contribution in [0.4, 0.5) is 5.95 Å². The number of benzene rings is 1. The van der Waals surface area contributed by atoms with Gasteiger partial charge in [-0.2, -0.15) is 0 Å². The molecule has 1 aromatic carbocycles. The lowest BCUT2D eigenvalue weighted by atomic mass is 10.2. The van der Waals surface area contributed by atoms with Crippen molar-refractivity contribution in [1.82, 2.24) is 20.2 Å². The van der Waals surface area contributed by atoms with Gasteiger partial charge in [0.2, 0.25) is 5.95 Å². The second-order valence-electron chi connectivity index (χ2n) is 6.61. The molecule has 0 bridgehead atoms. The zero-order valence-corrected chi connectivity index (χ0v) is 16.2. The highest BCUT2D eigenvalue weighted by Gasteiger charge is 2.14. The molecule has 140 valence electrons. The van der Waals surface area contributed by atoms with Crippen LogP contribution in [0.3, 0.4) is 0 Å². The number of amides is 1. The number of rotatable bonds is 9. The summed E-state index contributed by atoms with van der Waals surface area (Å²) in [7, 11) is 4.04. The third-order valence-corrected chi connectivity index (χ3v) is 4.02. The summed E-state index contributed by atoms with van der Waals surface area (Å²) in [6.45, 7) is 7.01. The molecule has 6 nitrogen and oxygen atoms in total. The van der Waals surface area contributed by atoms with Crippen LogP contribution in [0.5, 0.6) is 0 Å². The van der Waals surface area contributed by atoms with Crippen molar-refractivity contribution in [3.05, 3.63) is 53.3 Å². The van der Waals surface area contributed by atoms with E-state index >= 15 is 0 Å². The quantitative estimate of drug-likeness (QED) is 0.700. The van der Waals surface area contributed by atoms with Crippen molar-refractivity contribution in [2.75, 3.05) is 38.6 Å². The topological polar surface area (TPSA) is 61.4 Å². The van der Waals surface area contributed by atoms with Crippen LogP contribution < -0.4 is 10.2 Å². The molecule has 1 amide bonds. The molecular weight excluding hydrogens is 326 g/mol. The lowest BCUT2D eigenvalue weighted by Crippen LogP contribution is -2.30.